The highest BCUT2D eigenvalue weighted by Gasteiger charge is 2.42. The lowest BCUT2D eigenvalue weighted by molar-refractivity contribution is -0.0623. The number of hydrogen-bond acceptors (Lipinski definition) is 2. The van der Waals surface area contributed by atoms with E-state index < -0.39 is 0 Å². The average molecular weight is 265 g/mol. The third kappa shape index (κ3) is 3.15. The van der Waals surface area contributed by atoms with Crippen LogP contribution in [-0.2, 0) is 4.74 Å². The third-order valence-electron chi connectivity index (χ3n) is 4.02. The van der Waals surface area contributed by atoms with E-state index in [1.54, 1.807) is 0 Å². The minimum Gasteiger partial charge on any atom is -0.373 e. The molecule has 1 aliphatic carbocycles. The Balaban J connectivity index is 2.29. The summed E-state index contributed by atoms with van der Waals surface area (Å²) in [6.07, 6.45) is 4.58. The fourth-order valence-electron chi connectivity index (χ4n) is 3.24. The Hall–Kier alpha value is -0.930. The predicted octanol–water partition coefficient (Wildman–Crippen LogP) is 3.83. The molecule has 1 aromatic carbocycles. The number of halogens is 1. The number of ether oxygens (including phenoxy) is 1. The maximum absolute atomic E-state index is 13.1. The van der Waals surface area contributed by atoms with Gasteiger partial charge in [-0.25, -0.2) is 4.39 Å². The first-order valence-corrected chi connectivity index (χ1v) is 7.34. The molecule has 1 aromatic rings. The molecule has 1 saturated carbocycles. The number of rotatable bonds is 6. The second-order valence-electron chi connectivity index (χ2n) is 5.25. The summed E-state index contributed by atoms with van der Waals surface area (Å²) in [6, 6.07) is 6.98. The van der Waals surface area contributed by atoms with E-state index >= 15 is 0 Å². The lowest BCUT2D eigenvalue weighted by atomic mass is 9.86. The lowest BCUT2D eigenvalue weighted by Crippen LogP contribution is -2.44. The summed E-state index contributed by atoms with van der Waals surface area (Å²) in [5.41, 5.74) is 1.00. The summed E-state index contributed by atoms with van der Waals surface area (Å²) in [5.74, 6) is -0.184. The molecule has 0 heterocycles. The molecular formula is C16H24FNO. The highest BCUT2D eigenvalue weighted by Crippen LogP contribution is 2.43. The molecule has 1 atom stereocenters. The van der Waals surface area contributed by atoms with Crippen molar-refractivity contribution in [3.05, 3.63) is 35.6 Å². The SMILES string of the molecule is CCNC(c1ccc(F)cc1)C1(OCC)CCCC1. The largest absolute Gasteiger partial charge is 0.373 e. The number of hydrogen-bond donors (Lipinski definition) is 1. The number of benzene rings is 1. The van der Waals surface area contributed by atoms with Gasteiger partial charge in [0, 0.05) is 6.61 Å². The molecule has 1 unspecified atom stereocenters. The van der Waals surface area contributed by atoms with Crippen molar-refractivity contribution in [1.29, 1.82) is 0 Å². The first-order valence-electron chi connectivity index (χ1n) is 7.34. The smallest absolute Gasteiger partial charge is 0.123 e. The Morgan fingerprint density at radius 3 is 2.37 bits per heavy atom. The van der Waals surface area contributed by atoms with Gasteiger partial charge in [0.1, 0.15) is 5.82 Å². The van der Waals surface area contributed by atoms with E-state index in [2.05, 4.69) is 12.2 Å². The molecule has 0 aliphatic heterocycles. The topological polar surface area (TPSA) is 21.3 Å². The Bertz CT molecular complexity index is 384. The second kappa shape index (κ2) is 6.49. The van der Waals surface area contributed by atoms with Gasteiger partial charge in [-0.05, 0) is 44.0 Å². The fourth-order valence-corrected chi connectivity index (χ4v) is 3.24. The van der Waals surface area contributed by atoms with Crippen LogP contribution in [-0.4, -0.2) is 18.8 Å². The Morgan fingerprint density at radius 1 is 1.21 bits per heavy atom. The van der Waals surface area contributed by atoms with Crippen molar-refractivity contribution in [3.63, 3.8) is 0 Å². The van der Waals surface area contributed by atoms with Gasteiger partial charge in [-0.15, -0.1) is 0 Å². The molecule has 106 valence electrons. The summed E-state index contributed by atoms with van der Waals surface area (Å²) in [7, 11) is 0. The van der Waals surface area contributed by atoms with Gasteiger partial charge in [-0.1, -0.05) is 31.9 Å². The van der Waals surface area contributed by atoms with Crippen LogP contribution in [0.5, 0.6) is 0 Å². The van der Waals surface area contributed by atoms with Crippen molar-refractivity contribution >= 4 is 0 Å². The zero-order valence-corrected chi connectivity index (χ0v) is 11.9. The van der Waals surface area contributed by atoms with Crippen LogP contribution >= 0.6 is 0 Å². The maximum atomic E-state index is 13.1. The van der Waals surface area contributed by atoms with Crippen LogP contribution in [0.2, 0.25) is 0 Å². The van der Waals surface area contributed by atoms with Crippen LogP contribution in [0, 0.1) is 5.82 Å². The molecule has 2 nitrogen and oxygen atoms in total. The molecule has 19 heavy (non-hydrogen) atoms. The summed E-state index contributed by atoms with van der Waals surface area (Å²) >= 11 is 0. The molecule has 0 bridgehead atoms. The standard InChI is InChI=1S/C16H24FNO/c1-3-18-15(13-7-9-14(17)10-8-13)16(19-4-2)11-5-6-12-16/h7-10,15,18H,3-6,11-12H2,1-2H3. The molecule has 3 heteroatoms. The molecule has 0 radical (unpaired) electrons. The summed E-state index contributed by atoms with van der Waals surface area (Å²) < 4.78 is 19.2. The van der Waals surface area contributed by atoms with E-state index in [4.69, 9.17) is 4.74 Å². The predicted molar refractivity (Wildman–Crippen MR) is 75.6 cm³/mol. The quantitative estimate of drug-likeness (QED) is 0.844. The van der Waals surface area contributed by atoms with Gasteiger partial charge in [0.05, 0.1) is 11.6 Å². The van der Waals surface area contributed by atoms with Crippen LogP contribution in [0.15, 0.2) is 24.3 Å². The normalized spacial score (nSPS) is 19.5. The fraction of sp³-hybridized carbons (Fsp3) is 0.625. The van der Waals surface area contributed by atoms with E-state index in [1.165, 1.54) is 25.0 Å². The van der Waals surface area contributed by atoms with Gasteiger partial charge in [-0.2, -0.15) is 0 Å². The van der Waals surface area contributed by atoms with Gasteiger partial charge in [-0.3, -0.25) is 0 Å². The van der Waals surface area contributed by atoms with Crippen LogP contribution in [0.3, 0.4) is 0 Å². The molecule has 0 amide bonds. The van der Waals surface area contributed by atoms with Crippen molar-refractivity contribution in [2.24, 2.45) is 0 Å². The molecule has 0 saturated heterocycles. The van der Waals surface area contributed by atoms with E-state index in [-0.39, 0.29) is 17.5 Å². The number of nitrogens with one attached hydrogen (secondary N) is 1. The maximum Gasteiger partial charge on any atom is 0.123 e. The molecule has 1 N–H and O–H groups in total. The van der Waals surface area contributed by atoms with E-state index in [0.717, 1.165) is 31.6 Å². The van der Waals surface area contributed by atoms with Crippen LogP contribution in [0.1, 0.15) is 51.1 Å². The van der Waals surface area contributed by atoms with Crippen LogP contribution in [0.4, 0.5) is 4.39 Å². The van der Waals surface area contributed by atoms with E-state index in [0.29, 0.717) is 0 Å². The molecule has 1 fully saturated rings. The monoisotopic (exact) mass is 265 g/mol. The highest BCUT2D eigenvalue weighted by atomic mass is 19.1. The lowest BCUT2D eigenvalue weighted by Gasteiger charge is -2.38. The van der Waals surface area contributed by atoms with Crippen molar-refractivity contribution in [2.75, 3.05) is 13.2 Å². The van der Waals surface area contributed by atoms with Crippen molar-refractivity contribution in [1.82, 2.24) is 5.32 Å². The molecule has 0 aromatic heterocycles. The van der Waals surface area contributed by atoms with Gasteiger partial charge >= 0.3 is 0 Å². The average Bonchev–Trinajstić information content (AvgIpc) is 2.87. The van der Waals surface area contributed by atoms with Crippen molar-refractivity contribution in [2.45, 2.75) is 51.2 Å². The van der Waals surface area contributed by atoms with Gasteiger partial charge in [0.2, 0.25) is 0 Å². The van der Waals surface area contributed by atoms with Crippen LogP contribution < -0.4 is 5.32 Å². The third-order valence-corrected chi connectivity index (χ3v) is 4.02. The van der Waals surface area contributed by atoms with Gasteiger partial charge in [0.15, 0.2) is 0 Å². The molecule has 1 aliphatic rings. The van der Waals surface area contributed by atoms with E-state index in [9.17, 15) is 4.39 Å². The second-order valence-corrected chi connectivity index (χ2v) is 5.25. The number of likely N-dealkylation sites (N-methyl/N-ethyl adjacent to an activating group) is 1. The zero-order chi connectivity index (χ0) is 13.7. The molecule has 0 spiro atoms. The minimum absolute atomic E-state index is 0.122. The van der Waals surface area contributed by atoms with Crippen LogP contribution in [0.25, 0.3) is 0 Å². The highest BCUT2D eigenvalue weighted by molar-refractivity contribution is 5.24. The first kappa shape index (κ1) is 14.5. The summed E-state index contributed by atoms with van der Waals surface area (Å²) in [6.45, 7) is 5.76. The van der Waals surface area contributed by atoms with E-state index in [1.807, 2.05) is 19.1 Å². The Labute approximate surface area is 115 Å². The van der Waals surface area contributed by atoms with Gasteiger partial charge in [0.25, 0.3) is 0 Å². The zero-order valence-electron chi connectivity index (χ0n) is 11.9. The molecule has 2 rings (SSSR count). The Kier molecular flexibility index (Phi) is 4.94. The summed E-state index contributed by atoms with van der Waals surface area (Å²) in [5, 5.41) is 3.54. The van der Waals surface area contributed by atoms with Crippen molar-refractivity contribution in [3.8, 4) is 0 Å². The molecular weight excluding hydrogens is 241 g/mol. The van der Waals surface area contributed by atoms with Gasteiger partial charge < -0.3 is 10.1 Å². The first-order chi connectivity index (χ1) is 9.22. The summed E-state index contributed by atoms with van der Waals surface area (Å²) in [4.78, 5) is 0. The minimum atomic E-state index is -0.184. The Morgan fingerprint density at radius 2 is 1.84 bits per heavy atom. The van der Waals surface area contributed by atoms with Crippen molar-refractivity contribution < 1.29 is 9.13 Å².